The van der Waals surface area contributed by atoms with Crippen LogP contribution in [-0.2, 0) is 11.2 Å². The largest absolute Gasteiger partial charge is 0.494 e. The van der Waals surface area contributed by atoms with Crippen LogP contribution in [0.25, 0.3) is 17.1 Å². The first-order valence-corrected chi connectivity index (χ1v) is 13.4. The Bertz CT molecular complexity index is 1250. The molecule has 0 amide bonds. The number of aromatic nitrogens is 3. The Morgan fingerprint density at radius 1 is 0.816 bits per heavy atom. The van der Waals surface area contributed by atoms with E-state index in [1.165, 1.54) is 0 Å². The van der Waals surface area contributed by atoms with E-state index < -0.39 is 0 Å². The quantitative estimate of drug-likeness (QED) is 0.168. The summed E-state index contributed by atoms with van der Waals surface area (Å²) in [5.41, 5.74) is 1.83. The summed E-state index contributed by atoms with van der Waals surface area (Å²) in [5, 5.41) is 5.49. The van der Waals surface area contributed by atoms with Crippen LogP contribution in [0.1, 0.15) is 26.1 Å². The van der Waals surface area contributed by atoms with Crippen molar-refractivity contribution in [2.45, 2.75) is 26.7 Å². The molecule has 0 aliphatic carbocycles. The molecule has 0 spiro atoms. The Kier molecular flexibility index (Phi) is 10.1. The smallest absolute Gasteiger partial charge is 0.181 e. The molecule has 0 aliphatic heterocycles. The van der Waals surface area contributed by atoms with Crippen LogP contribution in [0.2, 0.25) is 5.02 Å². The number of hydrogen-bond donors (Lipinski definition) is 0. The molecule has 1 aromatic heterocycles. The van der Waals surface area contributed by atoms with Gasteiger partial charge in [0.15, 0.2) is 5.82 Å². The van der Waals surface area contributed by atoms with Crippen LogP contribution in [0.4, 0.5) is 0 Å². The molecule has 4 aromatic rings. The van der Waals surface area contributed by atoms with Crippen molar-refractivity contribution in [1.29, 1.82) is 0 Å². The number of hydrogen-bond acceptors (Lipinski definition) is 6. The minimum atomic E-state index is 0.552. The van der Waals surface area contributed by atoms with Crippen molar-refractivity contribution in [2.24, 2.45) is 0 Å². The first-order valence-electron chi connectivity index (χ1n) is 13.0. The predicted octanol–water partition coefficient (Wildman–Crippen LogP) is 6.68. The normalized spacial score (nSPS) is 11.2. The fourth-order valence-electron chi connectivity index (χ4n) is 4.04. The molecule has 0 unspecified atom stereocenters. The predicted molar refractivity (Wildman–Crippen MR) is 152 cm³/mol. The molecule has 0 N–H and O–H groups in total. The molecule has 4 rings (SSSR count). The van der Waals surface area contributed by atoms with E-state index in [1.807, 2.05) is 65.3 Å². The summed E-state index contributed by atoms with van der Waals surface area (Å²) < 4.78 is 19.0. The van der Waals surface area contributed by atoms with Crippen molar-refractivity contribution in [1.82, 2.24) is 19.7 Å². The minimum Gasteiger partial charge on any atom is -0.494 e. The second kappa shape index (κ2) is 14.0. The van der Waals surface area contributed by atoms with Crippen LogP contribution < -0.4 is 9.47 Å². The van der Waals surface area contributed by atoms with Crippen molar-refractivity contribution >= 4 is 11.6 Å². The van der Waals surface area contributed by atoms with Crippen LogP contribution in [0.3, 0.4) is 0 Å². The number of nitrogens with zero attached hydrogens (tertiary/aromatic N) is 4. The number of ether oxygens (including phenoxy) is 3. The van der Waals surface area contributed by atoms with E-state index in [1.54, 1.807) is 19.2 Å². The van der Waals surface area contributed by atoms with Crippen LogP contribution in [0.15, 0.2) is 72.8 Å². The van der Waals surface area contributed by atoms with Crippen LogP contribution in [0, 0.1) is 0 Å². The molecule has 0 saturated carbocycles. The van der Waals surface area contributed by atoms with E-state index in [0.717, 1.165) is 60.4 Å². The van der Waals surface area contributed by atoms with Crippen molar-refractivity contribution in [3.05, 3.63) is 83.6 Å². The highest BCUT2D eigenvalue weighted by molar-refractivity contribution is 6.30. The Morgan fingerprint density at radius 2 is 1.45 bits per heavy atom. The highest BCUT2D eigenvalue weighted by atomic mass is 35.5. The number of rotatable bonds is 14. The summed E-state index contributed by atoms with van der Waals surface area (Å²) in [6, 6.07) is 23.0. The summed E-state index contributed by atoms with van der Waals surface area (Å²) in [5.74, 6) is 3.78. The van der Waals surface area contributed by atoms with E-state index in [9.17, 15) is 0 Å². The Morgan fingerprint density at radius 3 is 2.08 bits per heavy atom. The summed E-state index contributed by atoms with van der Waals surface area (Å²) in [4.78, 5) is 7.22. The van der Waals surface area contributed by atoms with Gasteiger partial charge < -0.3 is 19.1 Å². The van der Waals surface area contributed by atoms with Crippen LogP contribution in [-0.4, -0.2) is 59.6 Å². The van der Waals surface area contributed by atoms with Gasteiger partial charge in [-0.05, 0) is 92.3 Å². The first kappa shape index (κ1) is 27.6. The Hall–Kier alpha value is -3.39. The Labute approximate surface area is 229 Å². The topological polar surface area (TPSA) is 61.6 Å². The van der Waals surface area contributed by atoms with Crippen LogP contribution in [0.5, 0.6) is 17.2 Å². The average Bonchev–Trinajstić information content (AvgIpc) is 3.38. The fraction of sp³-hybridized carbons (Fsp3) is 0.333. The number of halogens is 1. The zero-order valence-corrected chi connectivity index (χ0v) is 23.0. The fourth-order valence-corrected chi connectivity index (χ4v) is 4.17. The molecule has 0 fully saturated rings. The lowest BCUT2D eigenvalue weighted by atomic mass is 10.2. The lowest BCUT2D eigenvalue weighted by Gasteiger charge is -2.17. The summed E-state index contributed by atoms with van der Waals surface area (Å²) >= 11 is 5.96. The van der Waals surface area contributed by atoms with Gasteiger partial charge in [-0.2, -0.15) is 0 Å². The third-order valence-corrected chi connectivity index (χ3v) is 6.48. The molecule has 38 heavy (non-hydrogen) atoms. The second-order valence-corrected chi connectivity index (χ2v) is 9.25. The minimum absolute atomic E-state index is 0.552. The van der Waals surface area contributed by atoms with Gasteiger partial charge in [-0.1, -0.05) is 25.4 Å². The molecule has 1 heterocycles. The summed E-state index contributed by atoms with van der Waals surface area (Å²) in [6.45, 7) is 8.80. The lowest BCUT2D eigenvalue weighted by molar-refractivity contribution is 0.200. The average molecular weight is 535 g/mol. The maximum Gasteiger partial charge on any atom is 0.181 e. The van der Waals surface area contributed by atoms with Gasteiger partial charge in [-0.25, -0.2) is 9.67 Å². The van der Waals surface area contributed by atoms with E-state index in [0.29, 0.717) is 30.5 Å². The molecule has 0 bridgehead atoms. The Balaban J connectivity index is 1.45. The van der Waals surface area contributed by atoms with Crippen molar-refractivity contribution in [3.63, 3.8) is 0 Å². The molecular weight excluding hydrogens is 500 g/mol. The maximum atomic E-state index is 5.96. The van der Waals surface area contributed by atoms with Gasteiger partial charge in [-0.15, -0.1) is 5.10 Å². The molecule has 200 valence electrons. The summed E-state index contributed by atoms with van der Waals surface area (Å²) in [6.07, 6.45) is 1.64. The molecule has 0 radical (unpaired) electrons. The highest BCUT2D eigenvalue weighted by Crippen LogP contribution is 2.26. The third kappa shape index (κ3) is 7.57. The van der Waals surface area contributed by atoms with E-state index in [4.69, 9.17) is 35.9 Å². The van der Waals surface area contributed by atoms with Gasteiger partial charge in [0.05, 0.1) is 18.9 Å². The molecule has 3 aromatic carbocycles. The van der Waals surface area contributed by atoms with Crippen LogP contribution >= 0.6 is 11.6 Å². The van der Waals surface area contributed by atoms with Crippen molar-refractivity contribution in [2.75, 3.05) is 40.0 Å². The lowest BCUT2D eigenvalue weighted by Crippen LogP contribution is -2.25. The highest BCUT2D eigenvalue weighted by Gasteiger charge is 2.14. The molecular formula is C30H35ClN4O3. The van der Waals surface area contributed by atoms with Gasteiger partial charge in [0.1, 0.15) is 23.1 Å². The molecule has 7 nitrogen and oxygen atoms in total. The standard InChI is InChI=1S/C30H35ClN4O3/c1-4-34(5-2)20-6-21-37-26-13-7-23(8-14-26)30-32-29(19-22-36-3)35(33-30)25-11-17-28(18-12-25)38-27-15-9-24(31)10-16-27/h7-18H,4-6,19-22H2,1-3H3. The second-order valence-electron chi connectivity index (χ2n) is 8.81. The number of methoxy groups -OCH3 is 1. The van der Waals surface area contributed by atoms with Gasteiger partial charge in [0.25, 0.3) is 0 Å². The summed E-state index contributed by atoms with van der Waals surface area (Å²) in [7, 11) is 1.69. The third-order valence-electron chi connectivity index (χ3n) is 6.23. The van der Waals surface area contributed by atoms with Crippen molar-refractivity contribution in [3.8, 4) is 34.3 Å². The first-order chi connectivity index (χ1) is 18.6. The van der Waals surface area contributed by atoms with E-state index in [2.05, 4.69) is 18.7 Å². The number of benzene rings is 3. The SMILES string of the molecule is CCN(CC)CCCOc1ccc(-c2nc(CCOC)n(-c3ccc(Oc4ccc(Cl)cc4)cc3)n2)cc1. The van der Waals surface area contributed by atoms with E-state index in [-0.39, 0.29) is 0 Å². The van der Waals surface area contributed by atoms with Gasteiger partial charge in [-0.3, -0.25) is 0 Å². The molecule has 0 saturated heterocycles. The maximum absolute atomic E-state index is 5.96. The van der Waals surface area contributed by atoms with E-state index >= 15 is 0 Å². The molecule has 0 atom stereocenters. The van der Waals surface area contributed by atoms with Crippen molar-refractivity contribution < 1.29 is 14.2 Å². The zero-order valence-electron chi connectivity index (χ0n) is 22.3. The van der Waals surface area contributed by atoms with Gasteiger partial charge in [0, 0.05) is 30.7 Å². The van der Waals surface area contributed by atoms with Gasteiger partial charge >= 0.3 is 0 Å². The monoisotopic (exact) mass is 534 g/mol. The molecule has 8 heteroatoms. The molecule has 0 aliphatic rings. The van der Waals surface area contributed by atoms with Gasteiger partial charge in [0.2, 0.25) is 0 Å². The zero-order chi connectivity index (χ0) is 26.7.